The number of hydrogen-bond donors (Lipinski definition) is 1. The lowest BCUT2D eigenvalue weighted by molar-refractivity contribution is -0.133. The lowest BCUT2D eigenvalue weighted by Crippen LogP contribution is -2.41. The van der Waals surface area contributed by atoms with Crippen LogP contribution in [0.2, 0.25) is 0 Å². The summed E-state index contributed by atoms with van der Waals surface area (Å²) in [6, 6.07) is 14.8. The average molecular weight is 319 g/mol. The van der Waals surface area contributed by atoms with Gasteiger partial charge in [-0.25, -0.2) is 0 Å². The lowest BCUT2D eigenvalue weighted by Gasteiger charge is -2.27. The van der Waals surface area contributed by atoms with Crippen molar-refractivity contribution >= 4 is 29.1 Å². The van der Waals surface area contributed by atoms with Crippen molar-refractivity contribution in [1.82, 2.24) is 4.90 Å². The fraction of sp³-hybridized carbons (Fsp3) is 0.389. The summed E-state index contributed by atoms with van der Waals surface area (Å²) in [4.78, 5) is 14.7. The molecule has 2 aromatic carbocycles. The number of likely N-dealkylation sites (tertiary alicyclic amines) is 1. The van der Waals surface area contributed by atoms with Crippen molar-refractivity contribution in [3.8, 4) is 0 Å². The molecule has 1 saturated heterocycles. The first-order valence-corrected chi connectivity index (χ1v) is 7.70. The molecule has 1 aliphatic heterocycles. The van der Waals surface area contributed by atoms with Crippen LogP contribution in [0, 0.1) is 0 Å². The van der Waals surface area contributed by atoms with Gasteiger partial charge in [0.2, 0.25) is 5.91 Å². The molecule has 1 aliphatic rings. The van der Waals surface area contributed by atoms with E-state index in [-0.39, 0.29) is 30.3 Å². The summed E-state index contributed by atoms with van der Waals surface area (Å²) < 4.78 is 0. The number of benzene rings is 2. The number of nitrogens with two attached hydrogens (primary N) is 1. The van der Waals surface area contributed by atoms with Gasteiger partial charge in [-0.15, -0.1) is 12.4 Å². The van der Waals surface area contributed by atoms with E-state index in [9.17, 15) is 4.79 Å². The molecule has 2 N–H and O–H groups in total. The van der Waals surface area contributed by atoms with Gasteiger partial charge in [-0.3, -0.25) is 4.79 Å². The van der Waals surface area contributed by atoms with Crippen LogP contribution in [0.5, 0.6) is 0 Å². The minimum atomic E-state index is -0.109. The zero-order chi connectivity index (χ0) is 14.8. The van der Waals surface area contributed by atoms with Crippen LogP contribution in [0.15, 0.2) is 42.5 Å². The van der Waals surface area contributed by atoms with E-state index in [1.165, 1.54) is 10.8 Å². The van der Waals surface area contributed by atoms with Crippen LogP contribution in [0.3, 0.4) is 0 Å². The van der Waals surface area contributed by atoms with Gasteiger partial charge >= 0.3 is 0 Å². The highest BCUT2D eigenvalue weighted by Crippen LogP contribution is 2.26. The Balaban J connectivity index is 0.00000176. The molecule has 2 unspecified atom stereocenters. The van der Waals surface area contributed by atoms with Gasteiger partial charge in [0.25, 0.3) is 0 Å². The first kappa shape index (κ1) is 16.8. The third kappa shape index (κ3) is 3.11. The number of halogens is 1. The van der Waals surface area contributed by atoms with Crippen molar-refractivity contribution in [3.05, 3.63) is 48.0 Å². The van der Waals surface area contributed by atoms with Crippen molar-refractivity contribution in [2.45, 2.75) is 31.7 Å². The summed E-state index contributed by atoms with van der Waals surface area (Å²) in [6.07, 6.45) is 2.10. The smallest absolute Gasteiger partial charge is 0.230 e. The Morgan fingerprint density at radius 3 is 2.73 bits per heavy atom. The summed E-state index contributed by atoms with van der Waals surface area (Å²) in [6.45, 7) is 3.41. The molecule has 1 heterocycles. The molecule has 4 heteroatoms. The largest absolute Gasteiger partial charge is 0.338 e. The molecule has 0 saturated carbocycles. The molecule has 1 fully saturated rings. The van der Waals surface area contributed by atoms with E-state index >= 15 is 0 Å². The Kier molecular flexibility index (Phi) is 5.43. The van der Waals surface area contributed by atoms with E-state index in [2.05, 4.69) is 30.3 Å². The Bertz CT molecular complexity index is 658. The van der Waals surface area contributed by atoms with Gasteiger partial charge in [-0.2, -0.15) is 0 Å². The highest BCUT2D eigenvalue weighted by atomic mass is 35.5. The normalized spacial score (nSPS) is 19.0. The molecule has 3 rings (SSSR count). The van der Waals surface area contributed by atoms with Crippen molar-refractivity contribution in [1.29, 1.82) is 0 Å². The van der Waals surface area contributed by atoms with Crippen molar-refractivity contribution < 1.29 is 4.79 Å². The number of carbonyl (C=O) groups is 1. The quantitative estimate of drug-likeness (QED) is 0.943. The first-order valence-electron chi connectivity index (χ1n) is 7.70. The Hall–Kier alpha value is -1.58. The van der Waals surface area contributed by atoms with Crippen LogP contribution in [0.1, 0.15) is 31.2 Å². The third-order valence-corrected chi connectivity index (χ3v) is 4.58. The topological polar surface area (TPSA) is 46.3 Å². The molecule has 0 spiro atoms. The van der Waals surface area contributed by atoms with Crippen LogP contribution in [-0.4, -0.2) is 29.9 Å². The minimum absolute atomic E-state index is 0. The van der Waals surface area contributed by atoms with E-state index in [1.54, 1.807) is 0 Å². The summed E-state index contributed by atoms with van der Waals surface area (Å²) in [5.41, 5.74) is 6.87. The SMILES string of the molecule is CC(C(=O)N1CCCC1CN)c1ccc2ccccc2c1.Cl. The van der Waals surface area contributed by atoms with Crippen LogP contribution < -0.4 is 5.73 Å². The number of hydrogen-bond acceptors (Lipinski definition) is 2. The van der Waals surface area contributed by atoms with Crippen LogP contribution >= 0.6 is 12.4 Å². The van der Waals surface area contributed by atoms with Gasteiger partial charge in [0, 0.05) is 19.1 Å². The van der Waals surface area contributed by atoms with Crippen LogP contribution in [0.4, 0.5) is 0 Å². The summed E-state index contributed by atoms with van der Waals surface area (Å²) in [5, 5.41) is 2.40. The number of rotatable bonds is 3. The zero-order valence-electron chi connectivity index (χ0n) is 12.9. The van der Waals surface area contributed by atoms with Gasteiger partial charge in [-0.05, 0) is 36.1 Å². The highest BCUT2D eigenvalue weighted by molar-refractivity contribution is 5.88. The molecule has 2 atom stereocenters. The number of amides is 1. The van der Waals surface area contributed by atoms with Crippen molar-refractivity contribution in [2.24, 2.45) is 5.73 Å². The molecule has 118 valence electrons. The van der Waals surface area contributed by atoms with Gasteiger partial charge in [0.15, 0.2) is 0 Å². The zero-order valence-corrected chi connectivity index (χ0v) is 13.7. The molecule has 0 aromatic heterocycles. The predicted octanol–water partition coefficient (Wildman–Crippen LogP) is 3.31. The second kappa shape index (κ2) is 7.12. The number of nitrogens with zero attached hydrogens (tertiary/aromatic N) is 1. The predicted molar refractivity (Wildman–Crippen MR) is 93.4 cm³/mol. The molecular formula is C18H23ClN2O. The fourth-order valence-corrected chi connectivity index (χ4v) is 3.24. The maximum Gasteiger partial charge on any atom is 0.230 e. The standard InChI is InChI=1S/C18H22N2O.ClH/c1-13(18(21)20-10-4-7-17(20)12-19)15-9-8-14-5-2-3-6-16(14)11-15;/h2-3,5-6,8-9,11,13,17H,4,7,10,12,19H2,1H3;1H. The monoisotopic (exact) mass is 318 g/mol. The molecule has 0 radical (unpaired) electrons. The van der Waals surface area contributed by atoms with Gasteiger partial charge in [0.05, 0.1) is 5.92 Å². The van der Waals surface area contributed by atoms with E-state index in [0.29, 0.717) is 6.54 Å². The first-order chi connectivity index (χ1) is 10.2. The highest BCUT2D eigenvalue weighted by Gasteiger charge is 2.30. The van der Waals surface area contributed by atoms with E-state index < -0.39 is 0 Å². The molecule has 0 aliphatic carbocycles. The van der Waals surface area contributed by atoms with Crippen LogP contribution in [-0.2, 0) is 4.79 Å². The molecule has 22 heavy (non-hydrogen) atoms. The minimum Gasteiger partial charge on any atom is -0.338 e. The Morgan fingerprint density at radius 2 is 2.00 bits per heavy atom. The molecule has 3 nitrogen and oxygen atoms in total. The number of fused-ring (bicyclic) bond motifs is 1. The fourth-order valence-electron chi connectivity index (χ4n) is 3.24. The lowest BCUT2D eigenvalue weighted by atomic mass is 9.96. The van der Waals surface area contributed by atoms with Gasteiger partial charge < -0.3 is 10.6 Å². The molecule has 2 aromatic rings. The molecular weight excluding hydrogens is 296 g/mol. The van der Waals surface area contributed by atoms with Gasteiger partial charge in [-0.1, -0.05) is 42.5 Å². The Morgan fingerprint density at radius 1 is 1.27 bits per heavy atom. The third-order valence-electron chi connectivity index (χ3n) is 4.58. The van der Waals surface area contributed by atoms with E-state index in [1.807, 2.05) is 24.0 Å². The van der Waals surface area contributed by atoms with Crippen molar-refractivity contribution in [3.63, 3.8) is 0 Å². The second-order valence-corrected chi connectivity index (χ2v) is 5.89. The summed E-state index contributed by atoms with van der Waals surface area (Å²) in [7, 11) is 0. The molecule has 1 amide bonds. The molecule has 0 bridgehead atoms. The number of carbonyl (C=O) groups excluding carboxylic acids is 1. The van der Waals surface area contributed by atoms with Crippen molar-refractivity contribution in [2.75, 3.05) is 13.1 Å². The maximum absolute atomic E-state index is 12.7. The summed E-state index contributed by atoms with van der Waals surface area (Å²) in [5.74, 6) is 0.0972. The van der Waals surface area contributed by atoms with E-state index in [0.717, 1.165) is 24.9 Å². The van der Waals surface area contributed by atoms with Gasteiger partial charge in [0.1, 0.15) is 0 Å². The van der Waals surface area contributed by atoms with E-state index in [4.69, 9.17) is 5.73 Å². The summed E-state index contributed by atoms with van der Waals surface area (Å²) >= 11 is 0. The average Bonchev–Trinajstić information content (AvgIpc) is 3.01. The maximum atomic E-state index is 12.7. The van der Waals surface area contributed by atoms with Crippen LogP contribution in [0.25, 0.3) is 10.8 Å². The second-order valence-electron chi connectivity index (χ2n) is 5.89. The Labute approximate surface area is 137 Å².